The van der Waals surface area contributed by atoms with E-state index in [-0.39, 0.29) is 30.9 Å². The van der Waals surface area contributed by atoms with E-state index in [0.717, 1.165) is 24.1 Å². The van der Waals surface area contributed by atoms with Crippen LogP contribution in [0, 0.1) is 5.92 Å². The van der Waals surface area contributed by atoms with E-state index in [0.29, 0.717) is 36.3 Å². The average molecular weight is 517 g/mol. The number of amides is 3. The molecule has 9 heteroatoms. The molecule has 3 atom stereocenters. The Hall–Kier alpha value is -3.82. The number of likely N-dealkylation sites (tertiary alicyclic amines) is 1. The summed E-state index contributed by atoms with van der Waals surface area (Å²) in [7, 11) is 0. The predicted molar refractivity (Wildman–Crippen MR) is 143 cm³/mol. The SMILES string of the molecule is C[C@H](/C=C/CC(=O)N1CCC[C@H]1CO)[C@@]1(O)C(=O)Nc2ccc(N3N=C(c4ccccc4)CCC3=O)cc21. The fourth-order valence-corrected chi connectivity index (χ4v) is 5.46. The van der Waals surface area contributed by atoms with E-state index in [1.165, 1.54) is 5.01 Å². The molecular weight excluding hydrogens is 484 g/mol. The van der Waals surface area contributed by atoms with E-state index < -0.39 is 17.4 Å². The maximum absolute atomic E-state index is 13.0. The highest BCUT2D eigenvalue weighted by Gasteiger charge is 2.49. The van der Waals surface area contributed by atoms with Crippen LogP contribution in [0.4, 0.5) is 11.4 Å². The van der Waals surface area contributed by atoms with Crippen molar-refractivity contribution in [2.75, 3.05) is 23.5 Å². The van der Waals surface area contributed by atoms with Crippen molar-refractivity contribution >= 4 is 34.8 Å². The molecule has 9 nitrogen and oxygen atoms in total. The number of nitrogens with zero attached hydrogens (tertiary/aromatic N) is 3. The first-order chi connectivity index (χ1) is 18.3. The van der Waals surface area contributed by atoms with Crippen molar-refractivity contribution in [1.29, 1.82) is 0 Å². The number of carbonyl (C=O) groups excluding carboxylic acids is 3. The molecule has 38 heavy (non-hydrogen) atoms. The van der Waals surface area contributed by atoms with Gasteiger partial charge in [0, 0.05) is 43.0 Å². The molecule has 0 unspecified atom stereocenters. The van der Waals surface area contributed by atoms with E-state index in [1.54, 1.807) is 42.2 Å². The number of anilines is 2. The van der Waals surface area contributed by atoms with Gasteiger partial charge >= 0.3 is 0 Å². The first-order valence-corrected chi connectivity index (χ1v) is 13.0. The lowest BCUT2D eigenvalue weighted by Gasteiger charge is -2.28. The lowest BCUT2D eigenvalue weighted by molar-refractivity contribution is -0.137. The van der Waals surface area contributed by atoms with E-state index in [9.17, 15) is 24.6 Å². The lowest BCUT2D eigenvalue weighted by Crippen LogP contribution is -2.40. The summed E-state index contributed by atoms with van der Waals surface area (Å²) in [4.78, 5) is 40.1. The van der Waals surface area contributed by atoms with Gasteiger partial charge in [-0.25, -0.2) is 5.01 Å². The molecule has 0 spiro atoms. The standard InChI is InChI=1S/C29H32N4O5/c1-19(7-5-11-26(35)32-16-6-10-22(32)18-34)29(38)23-17-21(12-13-25(23)30-28(29)37)33-27(36)15-14-24(31-33)20-8-3-2-4-9-20/h2-5,7-9,12-13,17,19,22,34,38H,6,10-11,14-16,18H2,1H3,(H,30,37)/b7-5+/t19-,22+,29+/m1/s1. The van der Waals surface area contributed by atoms with Crippen LogP contribution in [-0.2, 0) is 20.0 Å². The minimum atomic E-state index is -1.88. The predicted octanol–water partition coefficient (Wildman–Crippen LogP) is 2.92. The van der Waals surface area contributed by atoms with Gasteiger partial charge in [-0.1, -0.05) is 49.4 Å². The fourth-order valence-electron chi connectivity index (χ4n) is 5.46. The Morgan fingerprint density at radius 2 is 2.00 bits per heavy atom. The number of benzene rings is 2. The number of carbonyl (C=O) groups is 3. The van der Waals surface area contributed by atoms with Gasteiger partial charge in [0.2, 0.25) is 11.8 Å². The zero-order chi connectivity index (χ0) is 26.9. The second-order valence-corrected chi connectivity index (χ2v) is 10.1. The minimum Gasteiger partial charge on any atom is -0.394 e. The molecule has 1 fully saturated rings. The Morgan fingerprint density at radius 3 is 2.76 bits per heavy atom. The molecule has 2 aromatic rings. The van der Waals surface area contributed by atoms with E-state index >= 15 is 0 Å². The first kappa shape index (κ1) is 25.8. The molecule has 5 rings (SSSR count). The Bertz CT molecular complexity index is 1310. The van der Waals surface area contributed by atoms with Gasteiger partial charge in [-0.2, -0.15) is 5.10 Å². The molecule has 3 aliphatic heterocycles. The van der Waals surface area contributed by atoms with Crippen molar-refractivity contribution in [3.05, 3.63) is 71.8 Å². The molecule has 0 aromatic heterocycles. The average Bonchev–Trinajstić information content (AvgIpc) is 3.52. The Balaban J connectivity index is 1.38. The molecule has 0 radical (unpaired) electrons. The van der Waals surface area contributed by atoms with Gasteiger partial charge in [0.15, 0.2) is 5.60 Å². The van der Waals surface area contributed by atoms with Gasteiger partial charge in [-0.05, 0) is 36.6 Å². The Morgan fingerprint density at radius 1 is 1.21 bits per heavy atom. The number of aliphatic hydroxyl groups is 2. The van der Waals surface area contributed by atoms with Crippen LogP contribution in [0.2, 0.25) is 0 Å². The van der Waals surface area contributed by atoms with Crippen LogP contribution in [-0.4, -0.2) is 57.7 Å². The number of rotatable bonds is 7. The zero-order valence-corrected chi connectivity index (χ0v) is 21.3. The fraction of sp³-hybridized carbons (Fsp3) is 0.379. The van der Waals surface area contributed by atoms with Gasteiger partial charge in [0.05, 0.1) is 24.0 Å². The molecule has 3 N–H and O–H groups in total. The van der Waals surface area contributed by atoms with E-state index in [4.69, 9.17) is 0 Å². The summed E-state index contributed by atoms with van der Waals surface area (Å²) in [5.74, 6) is -1.47. The van der Waals surface area contributed by atoms with Crippen LogP contribution in [0.1, 0.15) is 50.2 Å². The third kappa shape index (κ3) is 4.63. The highest BCUT2D eigenvalue weighted by Crippen LogP contribution is 2.43. The van der Waals surface area contributed by atoms with Gasteiger partial charge in [0.25, 0.3) is 5.91 Å². The zero-order valence-electron chi connectivity index (χ0n) is 21.3. The van der Waals surface area contributed by atoms with Crippen molar-refractivity contribution in [2.45, 2.75) is 50.7 Å². The van der Waals surface area contributed by atoms with Gasteiger partial charge in [-0.15, -0.1) is 0 Å². The van der Waals surface area contributed by atoms with Crippen molar-refractivity contribution in [3.63, 3.8) is 0 Å². The molecule has 3 amide bonds. The summed E-state index contributed by atoms with van der Waals surface area (Å²) in [6, 6.07) is 14.5. The number of hydrogen-bond donors (Lipinski definition) is 3. The number of nitrogens with one attached hydrogen (secondary N) is 1. The summed E-state index contributed by atoms with van der Waals surface area (Å²) >= 11 is 0. The minimum absolute atomic E-state index is 0.0543. The van der Waals surface area contributed by atoms with Crippen molar-refractivity contribution < 1.29 is 24.6 Å². The maximum atomic E-state index is 13.0. The van der Waals surface area contributed by atoms with Crippen LogP contribution in [0.3, 0.4) is 0 Å². The second-order valence-electron chi connectivity index (χ2n) is 10.1. The molecule has 1 saturated heterocycles. The summed E-state index contributed by atoms with van der Waals surface area (Å²) in [5.41, 5.74) is 1.14. The molecule has 2 aromatic carbocycles. The molecule has 3 heterocycles. The third-order valence-corrected chi connectivity index (χ3v) is 7.68. The monoisotopic (exact) mass is 516 g/mol. The van der Waals surface area contributed by atoms with Crippen molar-refractivity contribution in [1.82, 2.24) is 4.90 Å². The van der Waals surface area contributed by atoms with Gasteiger partial charge in [-0.3, -0.25) is 14.4 Å². The van der Waals surface area contributed by atoms with E-state index in [1.807, 2.05) is 30.3 Å². The summed E-state index contributed by atoms with van der Waals surface area (Å²) in [6.45, 7) is 2.29. The summed E-state index contributed by atoms with van der Waals surface area (Å²) in [5, 5.41) is 29.8. The van der Waals surface area contributed by atoms with Crippen LogP contribution >= 0.6 is 0 Å². The molecular formula is C29H32N4O5. The van der Waals surface area contributed by atoms with Crippen LogP contribution in [0.15, 0.2) is 65.8 Å². The molecule has 198 valence electrons. The molecule has 0 aliphatic carbocycles. The molecule has 0 saturated carbocycles. The topological polar surface area (TPSA) is 123 Å². The summed E-state index contributed by atoms with van der Waals surface area (Å²) < 4.78 is 0. The number of hydrogen-bond acceptors (Lipinski definition) is 6. The van der Waals surface area contributed by atoms with Crippen LogP contribution in [0.25, 0.3) is 0 Å². The largest absolute Gasteiger partial charge is 0.394 e. The smallest absolute Gasteiger partial charge is 0.261 e. The molecule has 0 bridgehead atoms. The van der Waals surface area contributed by atoms with Crippen LogP contribution < -0.4 is 10.3 Å². The highest BCUT2D eigenvalue weighted by atomic mass is 16.3. The first-order valence-electron chi connectivity index (χ1n) is 13.0. The van der Waals surface area contributed by atoms with Crippen LogP contribution in [0.5, 0.6) is 0 Å². The number of fused-ring (bicyclic) bond motifs is 1. The van der Waals surface area contributed by atoms with Gasteiger partial charge < -0.3 is 20.4 Å². The highest BCUT2D eigenvalue weighted by molar-refractivity contribution is 6.10. The lowest BCUT2D eigenvalue weighted by atomic mass is 9.82. The van der Waals surface area contributed by atoms with Crippen molar-refractivity contribution in [2.24, 2.45) is 11.0 Å². The normalized spacial score (nSPS) is 24.0. The third-order valence-electron chi connectivity index (χ3n) is 7.68. The Labute approximate surface area is 221 Å². The number of aliphatic hydroxyl groups excluding tert-OH is 1. The quantitative estimate of drug-likeness (QED) is 0.489. The van der Waals surface area contributed by atoms with Crippen molar-refractivity contribution in [3.8, 4) is 0 Å². The second kappa shape index (κ2) is 10.5. The summed E-state index contributed by atoms with van der Waals surface area (Å²) in [6.07, 6.45) is 5.94. The van der Waals surface area contributed by atoms with Gasteiger partial charge in [0.1, 0.15) is 0 Å². The number of hydrazone groups is 1. The molecule has 3 aliphatic rings. The maximum Gasteiger partial charge on any atom is 0.261 e. The van der Waals surface area contributed by atoms with E-state index in [2.05, 4.69) is 10.4 Å². The Kier molecular flexibility index (Phi) is 7.14.